The van der Waals surface area contributed by atoms with Crippen LogP contribution in [-0.4, -0.2) is 16.7 Å². The molecular weight excluding hydrogens is 152 g/mol. The number of aryl methyl sites for hydroxylation is 2. The van der Waals surface area contributed by atoms with E-state index in [4.69, 9.17) is 4.74 Å². The lowest BCUT2D eigenvalue weighted by Gasteiger charge is -1.96. The van der Waals surface area contributed by atoms with Gasteiger partial charge in [0.15, 0.2) is 0 Å². The standard InChI is InChI=1S/C7H12N2O.C2H6/c1-6-4-9(2)7(8-6)5-10-3;1-2/h4H,5H2,1-3H3;1-2H3. The van der Waals surface area contributed by atoms with Gasteiger partial charge in [0.05, 0.1) is 5.69 Å². The van der Waals surface area contributed by atoms with E-state index in [-0.39, 0.29) is 0 Å². The highest BCUT2D eigenvalue weighted by atomic mass is 16.5. The van der Waals surface area contributed by atoms with E-state index in [0.717, 1.165) is 11.5 Å². The number of rotatable bonds is 2. The summed E-state index contributed by atoms with van der Waals surface area (Å²) in [5.41, 5.74) is 1.04. The summed E-state index contributed by atoms with van der Waals surface area (Å²) in [5.74, 6) is 0.972. The van der Waals surface area contributed by atoms with Crippen molar-refractivity contribution in [2.75, 3.05) is 7.11 Å². The lowest BCUT2D eigenvalue weighted by atomic mass is 10.6. The number of ether oxygens (including phenoxy) is 1. The van der Waals surface area contributed by atoms with Gasteiger partial charge < -0.3 is 9.30 Å². The Labute approximate surface area is 74.4 Å². The molecule has 1 heterocycles. The molecule has 0 N–H and O–H groups in total. The van der Waals surface area contributed by atoms with E-state index in [1.807, 2.05) is 38.6 Å². The van der Waals surface area contributed by atoms with E-state index >= 15 is 0 Å². The zero-order valence-corrected chi connectivity index (χ0v) is 8.59. The molecule has 0 aliphatic carbocycles. The van der Waals surface area contributed by atoms with Crippen molar-refractivity contribution < 1.29 is 4.74 Å². The van der Waals surface area contributed by atoms with Crippen molar-refractivity contribution in [2.45, 2.75) is 27.4 Å². The fourth-order valence-electron chi connectivity index (χ4n) is 0.929. The molecule has 70 valence electrons. The molecule has 0 unspecified atom stereocenters. The zero-order valence-electron chi connectivity index (χ0n) is 8.59. The number of aromatic nitrogens is 2. The van der Waals surface area contributed by atoms with Crippen LogP contribution in [0.25, 0.3) is 0 Å². The highest BCUT2D eigenvalue weighted by Gasteiger charge is 1.99. The maximum atomic E-state index is 4.94. The van der Waals surface area contributed by atoms with Crippen molar-refractivity contribution in [3.8, 4) is 0 Å². The molecular formula is C9H18N2O. The van der Waals surface area contributed by atoms with Gasteiger partial charge in [0.2, 0.25) is 0 Å². The summed E-state index contributed by atoms with van der Waals surface area (Å²) in [4.78, 5) is 4.24. The minimum Gasteiger partial charge on any atom is -0.377 e. The Morgan fingerprint density at radius 1 is 1.50 bits per heavy atom. The number of methoxy groups -OCH3 is 1. The molecule has 1 rings (SSSR count). The third kappa shape index (κ3) is 3.05. The third-order valence-electron chi connectivity index (χ3n) is 1.37. The fraction of sp³-hybridized carbons (Fsp3) is 0.667. The normalized spacial score (nSPS) is 9.08. The fourth-order valence-corrected chi connectivity index (χ4v) is 0.929. The van der Waals surface area contributed by atoms with Gasteiger partial charge in [-0.05, 0) is 6.92 Å². The predicted molar refractivity (Wildman–Crippen MR) is 50.0 cm³/mol. The monoisotopic (exact) mass is 170 g/mol. The van der Waals surface area contributed by atoms with Crippen LogP contribution in [-0.2, 0) is 18.4 Å². The molecule has 0 bridgehead atoms. The quantitative estimate of drug-likeness (QED) is 0.678. The second kappa shape index (κ2) is 5.77. The Kier molecular flexibility index (Phi) is 5.37. The summed E-state index contributed by atoms with van der Waals surface area (Å²) < 4.78 is 6.91. The molecule has 0 amide bonds. The molecule has 12 heavy (non-hydrogen) atoms. The van der Waals surface area contributed by atoms with Crippen molar-refractivity contribution in [3.63, 3.8) is 0 Å². The first-order valence-electron chi connectivity index (χ1n) is 4.22. The average molecular weight is 170 g/mol. The minimum atomic E-state index is 0.588. The second-order valence-corrected chi connectivity index (χ2v) is 2.34. The lowest BCUT2D eigenvalue weighted by Crippen LogP contribution is -1.97. The first-order chi connectivity index (χ1) is 5.74. The molecule has 0 aliphatic heterocycles. The Morgan fingerprint density at radius 3 is 2.42 bits per heavy atom. The maximum absolute atomic E-state index is 4.94. The van der Waals surface area contributed by atoms with Gasteiger partial charge in [-0.15, -0.1) is 0 Å². The summed E-state index contributed by atoms with van der Waals surface area (Å²) in [6, 6.07) is 0. The first-order valence-corrected chi connectivity index (χ1v) is 4.22. The van der Waals surface area contributed by atoms with E-state index in [0.29, 0.717) is 6.61 Å². The van der Waals surface area contributed by atoms with Crippen LogP contribution >= 0.6 is 0 Å². The van der Waals surface area contributed by atoms with Crippen molar-refractivity contribution in [2.24, 2.45) is 7.05 Å². The Balaban J connectivity index is 0.000000561. The van der Waals surface area contributed by atoms with Gasteiger partial charge in [0, 0.05) is 20.4 Å². The highest BCUT2D eigenvalue weighted by Crippen LogP contribution is 1.99. The topological polar surface area (TPSA) is 27.1 Å². The van der Waals surface area contributed by atoms with Crippen LogP contribution in [0.5, 0.6) is 0 Å². The van der Waals surface area contributed by atoms with Gasteiger partial charge in [0.25, 0.3) is 0 Å². The van der Waals surface area contributed by atoms with Gasteiger partial charge in [-0.3, -0.25) is 0 Å². The Hall–Kier alpha value is -0.830. The molecule has 0 fully saturated rings. The van der Waals surface area contributed by atoms with Crippen molar-refractivity contribution in [3.05, 3.63) is 17.7 Å². The van der Waals surface area contributed by atoms with Crippen LogP contribution < -0.4 is 0 Å². The van der Waals surface area contributed by atoms with Crippen LogP contribution in [0.15, 0.2) is 6.20 Å². The smallest absolute Gasteiger partial charge is 0.134 e. The maximum Gasteiger partial charge on any atom is 0.134 e. The Morgan fingerprint density at radius 2 is 2.08 bits per heavy atom. The van der Waals surface area contributed by atoms with E-state index in [2.05, 4.69) is 4.98 Å². The van der Waals surface area contributed by atoms with E-state index < -0.39 is 0 Å². The average Bonchev–Trinajstić information content (AvgIpc) is 2.35. The zero-order chi connectivity index (χ0) is 9.56. The summed E-state index contributed by atoms with van der Waals surface area (Å²) in [6.07, 6.45) is 1.98. The van der Waals surface area contributed by atoms with Crippen molar-refractivity contribution in [1.29, 1.82) is 0 Å². The SMILES string of the molecule is CC.COCc1nc(C)cn1C. The highest BCUT2D eigenvalue weighted by molar-refractivity contribution is 5.00. The largest absolute Gasteiger partial charge is 0.377 e. The molecule has 3 heteroatoms. The van der Waals surface area contributed by atoms with E-state index in [1.165, 1.54) is 0 Å². The van der Waals surface area contributed by atoms with Gasteiger partial charge in [0.1, 0.15) is 12.4 Å². The second-order valence-electron chi connectivity index (χ2n) is 2.34. The minimum absolute atomic E-state index is 0.588. The summed E-state index contributed by atoms with van der Waals surface area (Å²) in [5, 5.41) is 0. The molecule has 0 saturated carbocycles. The molecule has 3 nitrogen and oxygen atoms in total. The predicted octanol–water partition coefficient (Wildman–Crippen LogP) is 1.90. The number of nitrogens with zero attached hydrogens (tertiary/aromatic N) is 2. The summed E-state index contributed by atoms with van der Waals surface area (Å²) in [7, 11) is 3.64. The first kappa shape index (κ1) is 11.2. The molecule has 0 spiro atoms. The van der Waals surface area contributed by atoms with Crippen LogP contribution in [0.2, 0.25) is 0 Å². The van der Waals surface area contributed by atoms with Gasteiger partial charge >= 0.3 is 0 Å². The van der Waals surface area contributed by atoms with Crippen molar-refractivity contribution >= 4 is 0 Å². The van der Waals surface area contributed by atoms with Crippen LogP contribution in [0, 0.1) is 6.92 Å². The summed E-state index contributed by atoms with van der Waals surface area (Å²) >= 11 is 0. The molecule has 0 saturated heterocycles. The third-order valence-corrected chi connectivity index (χ3v) is 1.37. The van der Waals surface area contributed by atoms with Gasteiger partial charge in [-0.1, -0.05) is 13.8 Å². The van der Waals surface area contributed by atoms with Crippen molar-refractivity contribution in [1.82, 2.24) is 9.55 Å². The lowest BCUT2D eigenvalue weighted by molar-refractivity contribution is 0.175. The molecule has 1 aromatic rings. The molecule has 0 atom stereocenters. The van der Waals surface area contributed by atoms with E-state index in [1.54, 1.807) is 7.11 Å². The molecule has 1 aromatic heterocycles. The molecule has 0 aliphatic rings. The number of imidazole rings is 1. The van der Waals surface area contributed by atoms with Crippen LogP contribution in [0.4, 0.5) is 0 Å². The number of hydrogen-bond acceptors (Lipinski definition) is 2. The van der Waals surface area contributed by atoms with Gasteiger partial charge in [-0.2, -0.15) is 0 Å². The molecule has 0 radical (unpaired) electrons. The summed E-state index contributed by atoms with van der Waals surface area (Å²) in [6.45, 7) is 6.56. The molecule has 0 aromatic carbocycles. The number of hydrogen-bond donors (Lipinski definition) is 0. The van der Waals surface area contributed by atoms with Crippen LogP contribution in [0.3, 0.4) is 0 Å². The Bertz CT molecular complexity index is 218. The van der Waals surface area contributed by atoms with E-state index in [9.17, 15) is 0 Å². The van der Waals surface area contributed by atoms with Crippen LogP contribution in [0.1, 0.15) is 25.4 Å². The van der Waals surface area contributed by atoms with Gasteiger partial charge in [-0.25, -0.2) is 4.98 Å².